The molecule has 5 nitrogen and oxygen atoms in total. The summed E-state index contributed by atoms with van der Waals surface area (Å²) in [5, 5.41) is 10.8. The van der Waals surface area contributed by atoms with Crippen molar-refractivity contribution in [2.45, 2.75) is 85.7 Å². The first kappa shape index (κ1) is 25.6. The number of aliphatic hydroxyl groups excluding tert-OH is 1. The standard InChI is InChI=1S/C32H48N4O/c1-22(21-35-17-19-36(20-18-35)29-33-15-6-16-34-29)24-8-9-25-23-7-10-27-30(2,3)28(37)12-14-32(27,5)26(23)11-13-31(24,25)4/h6,9,15-16,22,24,27-28,37H,7-8,10-14,17-21H2,1-5H3/t22-,24-,27?,28?,31-,32-/m1/s1. The van der Waals surface area contributed by atoms with E-state index in [1.54, 1.807) is 16.7 Å². The number of fused-ring (bicyclic) bond motifs is 4. The molecule has 1 aromatic heterocycles. The molecule has 0 amide bonds. The number of allylic oxidation sites excluding steroid dienone is 4. The second-order valence-corrected chi connectivity index (χ2v) is 14.0. The molecular weight excluding hydrogens is 456 g/mol. The second kappa shape index (κ2) is 9.19. The molecule has 0 radical (unpaired) electrons. The summed E-state index contributed by atoms with van der Waals surface area (Å²) in [6.07, 6.45) is 14.6. The van der Waals surface area contributed by atoms with Gasteiger partial charge in [0, 0.05) is 45.1 Å². The Balaban J connectivity index is 1.15. The zero-order valence-corrected chi connectivity index (χ0v) is 23.8. The summed E-state index contributed by atoms with van der Waals surface area (Å²) in [6.45, 7) is 17.8. The Morgan fingerprint density at radius 2 is 1.70 bits per heavy atom. The number of hydrogen-bond acceptors (Lipinski definition) is 5. The number of aliphatic hydroxyl groups is 1. The van der Waals surface area contributed by atoms with Crippen LogP contribution in [0.1, 0.15) is 79.6 Å². The van der Waals surface area contributed by atoms with Crippen molar-refractivity contribution in [3.8, 4) is 0 Å². The van der Waals surface area contributed by atoms with Gasteiger partial charge >= 0.3 is 0 Å². The van der Waals surface area contributed by atoms with E-state index in [0.29, 0.717) is 17.3 Å². The lowest BCUT2D eigenvalue weighted by Crippen LogP contribution is -2.53. The maximum atomic E-state index is 10.8. The number of anilines is 1. The van der Waals surface area contributed by atoms with E-state index in [1.165, 1.54) is 38.6 Å². The van der Waals surface area contributed by atoms with Gasteiger partial charge in [0.2, 0.25) is 5.95 Å². The van der Waals surface area contributed by atoms with Crippen molar-refractivity contribution in [2.75, 3.05) is 37.6 Å². The maximum absolute atomic E-state index is 10.8. The Bertz CT molecular complexity index is 1070. The fourth-order valence-electron chi connectivity index (χ4n) is 9.70. The Kier molecular flexibility index (Phi) is 6.35. The molecule has 1 saturated heterocycles. The quantitative estimate of drug-likeness (QED) is 0.555. The highest BCUT2D eigenvalue weighted by molar-refractivity contribution is 5.50. The minimum Gasteiger partial charge on any atom is -0.393 e. The molecule has 37 heavy (non-hydrogen) atoms. The van der Waals surface area contributed by atoms with Gasteiger partial charge in [0.05, 0.1) is 6.10 Å². The molecule has 1 saturated carbocycles. The molecular formula is C32H48N4O. The van der Waals surface area contributed by atoms with Crippen LogP contribution in [0.5, 0.6) is 0 Å². The average Bonchev–Trinajstić information content (AvgIpc) is 3.25. The van der Waals surface area contributed by atoms with Gasteiger partial charge < -0.3 is 10.0 Å². The van der Waals surface area contributed by atoms with E-state index in [1.807, 2.05) is 18.5 Å². The molecule has 1 N–H and O–H groups in total. The van der Waals surface area contributed by atoms with Crippen molar-refractivity contribution in [1.82, 2.24) is 14.9 Å². The zero-order chi connectivity index (χ0) is 26.0. The Morgan fingerprint density at radius 3 is 2.43 bits per heavy atom. The number of nitrogens with zero attached hydrogens (tertiary/aromatic N) is 4. The first-order chi connectivity index (χ1) is 17.6. The van der Waals surface area contributed by atoms with Crippen LogP contribution in [0.25, 0.3) is 0 Å². The molecule has 2 heterocycles. The Morgan fingerprint density at radius 1 is 0.973 bits per heavy atom. The normalized spacial score (nSPS) is 38.5. The highest BCUT2D eigenvalue weighted by Gasteiger charge is 2.57. The van der Waals surface area contributed by atoms with Gasteiger partial charge in [0.1, 0.15) is 0 Å². The van der Waals surface area contributed by atoms with Crippen LogP contribution in [0.15, 0.2) is 41.3 Å². The van der Waals surface area contributed by atoms with Crippen LogP contribution in [0, 0.1) is 34.0 Å². The molecule has 5 heteroatoms. The van der Waals surface area contributed by atoms with Crippen LogP contribution in [0.3, 0.4) is 0 Å². The molecule has 0 bridgehead atoms. The van der Waals surface area contributed by atoms with Gasteiger partial charge in [-0.3, -0.25) is 4.90 Å². The van der Waals surface area contributed by atoms with Gasteiger partial charge in [0.25, 0.3) is 0 Å². The van der Waals surface area contributed by atoms with E-state index in [-0.39, 0.29) is 16.9 Å². The first-order valence-corrected chi connectivity index (χ1v) is 15.0. The highest BCUT2D eigenvalue weighted by atomic mass is 16.3. The molecule has 1 aromatic rings. The third kappa shape index (κ3) is 4.02. The summed E-state index contributed by atoms with van der Waals surface area (Å²) in [5.41, 5.74) is 5.85. The van der Waals surface area contributed by atoms with Crippen molar-refractivity contribution in [2.24, 2.45) is 34.0 Å². The first-order valence-electron chi connectivity index (χ1n) is 15.0. The van der Waals surface area contributed by atoms with Crippen molar-refractivity contribution >= 4 is 5.95 Å². The number of piperazine rings is 1. The maximum Gasteiger partial charge on any atom is 0.225 e. The number of rotatable bonds is 4. The highest BCUT2D eigenvalue weighted by Crippen LogP contribution is 2.66. The third-order valence-electron chi connectivity index (χ3n) is 11.9. The Labute approximate surface area is 224 Å². The van der Waals surface area contributed by atoms with Crippen LogP contribution in [-0.2, 0) is 0 Å². The van der Waals surface area contributed by atoms with Gasteiger partial charge in [-0.15, -0.1) is 0 Å². The van der Waals surface area contributed by atoms with E-state index in [0.717, 1.165) is 50.9 Å². The van der Waals surface area contributed by atoms with Crippen LogP contribution in [0.2, 0.25) is 0 Å². The van der Waals surface area contributed by atoms with Crippen molar-refractivity contribution in [3.63, 3.8) is 0 Å². The fraction of sp³-hybridized carbons (Fsp3) is 0.750. The molecule has 6 rings (SSSR count). The second-order valence-electron chi connectivity index (χ2n) is 14.0. The predicted molar refractivity (Wildman–Crippen MR) is 150 cm³/mol. The van der Waals surface area contributed by atoms with Crippen molar-refractivity contribution in [3.05, 3.63) is 41.3 Å². The van der Waals surface area contributed by atoms with Gasteiger partial charge in [0.15, 0.2) is 0 Å². The van der Waals surface area contributed by atoms with E-state index >= 15 is 0 Å². The van der Waals surface area contributed by atoms with Crippen LogP contribution in [-0.4, -0.2) is 58.8 Å². The largest absolute Gasteiger partial charge is 0.393 e. The van der Waals surface area contributed by atoms with Gasteiger partial charge in [-0.25, -0.2) is 9.97 Å². The van der Waals surface area contributed by atoms with Crippen LogP contribution < -0.4 is 4.90 Å². The predicted octanol–water partition coefficient (Wildman–Crippen LogP) is 5.87. The minimum absolute atomic E-state index is 0.0179. The summed E-state index contributed by atoms with van der Waals surface area (Å²) >= 11 is 0. The summed E-state index contributed by atoms with van der Waals surface area (Å²) in [7, 11) is 0. The van der Waals surface area contributed by atoms with E-state index in [2.05, 4.69) is 60.5 Å². The molecule has 202 valence electrons. The topological polar surface area (TPSA) is 52.5 Å². The lowest BCUT2D eigenvalue weighted by Gasteiger charge is -2.59. The molecule has 2 unspecified atom stereocenters. The summed E-state index contributed by atoms with van der Waals surface area (Å²) in [4.78, 5) is 13.9. The molecule has 0 aromatic carbocycles. The van der Waals surface area contributed by atoms with E-state index in [9.17, 15) is 5.11 Å². The van der Waals surface area contributed by atoms with E-state index < -0.39 is 0 Å². The molecule has 1 aliphatic heterocycles. The minimum atomic E-state index is -0.153. The number of aromatic nitrogens is 2. The van der Waals surface area contributed by atoms with Gasteiger partial charge in [-0.2, -0.15) is 0 Å². The summed E-state index contributed by atoms with van der Waals surface area (Å²) in [5.74, 6) is 2.90. The van der Waals surface area contributed by atoms with Crippen molar-refractivity contribution in [1.29, 1.82) is 0 Å². The zero-order valence-electron chi connectivity index (χ0n) is 23.8. The Hall–Kier alpha value is -1.72. The lowest BCUT2D eigenvalue weighted by molar-refractivity contribution is -0.0905. The monoisotopic (exact) mass is 504 g/mol. The van der Waals surface area contributed by atoms with Gasteiger partial charge in [-0.1, -0.05) is 46.3 Å². The summed E-state index contributed by atoms with van der Waals surface area (Å²) in [6, 6.07) is 1.89. The SMILES string of the molecule is C[C@H](CN1CCN(c2ncccn2)CC1)[C@H]1CC=C2C3=C(CC[C@@]21C)[C@@]1(C)CCC(O)C(C)(C)C1CC3. The lowest BCUT2D eigenvalue weighted by atomic mass is 9.46. The molecule has 2 fully saturated rings. The molecule has 6 atom stereocenters. The van der Waals surface area contributed by atoms with Crippen LogP contribution >= 0.6 is 0 Å². The summed E-state index contributed by atoms with van der Waals surface area (Å²) < 4.78 is 0. The molecule has 4 aliphatic carbocycles. The van der Waals surface area contributed by atoms with Crippen molar-refractivity contribution < 1.29 is 5.11 Å². The fourth-order valence-corrected chi connectivity index (χ4v) is 9.70. The molecule has 0 spiro atoms. The van der Waals surface area contributed by atoms with E-state index in [4.69, 9.17) is 0 Å². The third-order valence-corrected chi connectivity index (χ3v) is 11.9. The van der Waals surface area contributed by atoms with Gasteiger partial charge in [-0.05, 0) is 96.2 Å². The number of hydrogen-bond donors (Lipinski definition) is 1. The molecule has 5 aliphatic rings. The van der Waals surface area contributed by atoms with Crippen LogP contribution in [0.4, 0.5) is 5.95 Å². The smallest absolute Gasteiger partial charge is 0.225 e. The average molecular weight is 505 g/mol.